The van der Waals surface area contributed by atoms with Gasteiger partial charge in [0.25, 0.3) is 5.56 Å². The number of aryl methyl sites for hydroxylation is 1. The summed E-state index contributed by atoms with van der Waals surface area (Å²) in [7, 11) is 1.50. The smallest absolute Gasteiger partial charge is 0.330 e. The van der Waals surface area contributed by atoms with E-state index < -0.39 is 17.2 Å². The largest absolute Gasteiger partial charge is 0.383 e. The molecular weight excluding hydrogens is 472 g/mol. The first kappa shape index (κ1) is 24.1. The third-order valence-corrected chi connectivity index (χ3v) is 5.93. The van der Waals surface area contributed by atoms with Crippen LogP contribution in [0.25, 0.3) is 10.7 Å². The Labute approximate surface area is 203 Å². The van der Waals surface area contributed by atoms with Gasteiger partial charge in [0, 0.05) is 26.5 Å². The number of aromatic nitrogens is 4. The van der Waals surface area contributed by atoms with Gasteiger partial charge in [-0.2, -0.15) is 4.98 Å². The zero-order valence-electron chi connectivity index (χ0n) is 18.9. The number of carbonyl (C=O) groups is 1. The van der Waals surface area contributed by atoms with Crippen molar-refractivity contribution in [3.05, 3.63) is 80.1 Å². The average Bonchev–Trinajstić information content (AvgIpc) is 3.55. The standard InChI is InChI=1S/C23H24N6O5S/c1-33-12-11-29-21(19(22(31)27-23(29)32)24-14-15-6-3-2-4-7-15)25-17(30)9-10-18-26-20(28-34-18)16-8-5-13-35-16/h2-8,13,24H,9-12,14H2,1H3,(H,25,30)(H,27,31,32). The SMILES string of the molecule is COCCn1c(NC(=O)CCc2nc(-c3cccs3)no2)c(NCc2ccccc2)c(=O)[nH]c1=O. The van der Waals surface area contributed by atoms with Crippen LogP contribution in [-0.4, -0.2) is 39.3 Å². The Bertz CT molecular complexity index is 1380. The predicted octanol–water partition coefficient (Wildman–Crippen LogP) is 2.48. The maximum Gasteiger partial charge on any atom is 0.330 e. The fraction of sp³-hybridized carbons (Fsp3) is 0.261. The number of benzene rings is 1. The maximum atomic E-state index is 12.8. The summed E-state index contributed by atoms with van der Waals surface area (Å²) in [6, 6.07) is 13.2. The Hall–Kier alpha value is -4.03. The molecule has 35 heavy (non-hydrogen) atoms. The minimum Gasteiger partial charge on any atom is -0.383 e. The Kier molecular flexibility index (Phi) is 7.85. The van der Waals surface area contributed by atoms with Crippen molar-refractivity contribution in [2.75, 3.05) is 24.4 Å². The van der Waals surface area contributed by atoms with Crippen molar-refractivity contribution in [3.8, 4) is 10.7 Å². The fourth-order valence-electron chi connectivity index (χ4n) is 3.32. The van der Waals surface area contributed by atoms with Crippen molar-refractivity contribution in [3.63, 3.8) is 0 Å². The van der Waals surface area contributed by atoms with Gasteiger partial charge in [-0.3, -0.25) is 19.1 Å². The highest BCUT2D eigenvalue weighted by Gasteiger charge is 2.18. The van der Waals surface area contributed by atoms with Crippen molar-refractivity contribution in [2.24, 2.45) is 0 Å². The molecule has 0 saturated carbocycles. The van der Waals surface area contributed by atoms with E-state index in [1.54, 1.807) is 0 Å². The molecule has 0 unspecified atom stereocenters. The van der Waals surface area contributed by atoms with Gasteiger partial charge >= 0.3 is 5.69 Å². The molecule has 0 aliphatic carbocycles. The second-order valence-corrected chi connectivity index (χ2v) is 8.45. The van der Waals surface area contributed by atoms with Crippen molar-refractivity contribution < 1.29 is 14.1 Å². The molecule has 1 aromatic carbocycles. The molecule has 182 valence electrons. The molecular formula is C23H24N6O5S. The van der Waals surface area contributed by atoms with E-state index in [1.807, 2.05) is 47.8 Å². The molecule has 0 fully saturated rings. The van der Waals surface area contributed by atoms with Gasteiger partial charge in [-0.25, -0.2) is 4.79 Å². The molecule has 4 aromatic rings. The Balaban J connectivity index is 1.52. The number of hydrogen-bond acceptors (Lipinski definition) is 9. The number of H-pyrrole nitrogens is 1. The Morgan fingerprint density at radius 2 is 2.03 bits per heavy atom. The van der Waals surface area contributed by atoms with Crippen LogP contribution in [0.4, 0.5) is 11.5 Å². The monoisotopic (exact) mass is 496 g/mol. The van der Waals surface area contributed by atoms with Gasteiger partial charge in [0.05, 0.1) is 18.0 Å². The van der Waals surface area contributed by atoms with E-state index in [0.717, 1.165) is 10.4 Å². The highest BCUT2D eigenvalue weighted by atomic mass is 32.1. The van der Waals surface area contributed by atoms with Gasteiger partial charge in [0.1, 0.15) is 11.5 Å². The van der Waals surface area contributed by atoms with E-state index in [9.17, 15) is 14.4 Å². The van der Waals surface area contributed by atoms with Crippen molar-refractivity contribution >= 4 is 28.7 Å². The first-order valence-electron chi connectivity index (χ1n) is 10.9. The van der Waals surface area contributed by atoms with E-state index >= 15 is 0 Å². The summed E-state index contributed by atoms with van der Waals surface area (Å²) in [4.78, 5) is 45.4. The highest BCUT2D eigenvalue weighted by molar-refractivity contribution is 7.13. The summed E-state index contributed by atoms with van der Waals surface area (Å²) in [5, 5.41) is 11.6. The number of thiophene rings is 1. The Morgan fingerprint density at radius 3 is 2.77 bits per heavy atom. The predicted molar refractivity (Wildman–Crippen MR) is 132 cm³/mol. The quantitative estimate of drug-likeness (QED) is 0.287. The molecule has 3 heterocycles. The van der Waals surface area contributed by atoms with E-state index in [2.05, 4.69) is 25.8 Å². The average molecular weight is 497 g/mol. The molecule has 1 amide bonds. The molecule has 0 bridgehead atoms. The lowest BCUT2D eigenvalue weighted by Crippen LogP contribution is -2.36. The molecule has 3 aromatic heterocycles. The lowest BCUT2D eigenvalue weighted by molar-refractivity contribution is -0.116. The number of hydrogen-bond donors (Lipinski definition) is 3. The third-order valence-electron chi connectivity index (χ3n) is 5.06. The second kappa shape index (κ2) is 11.4. The van der Waals surface area contributed by atoms with E-state index in [0.29, 0.717) is 18.3 Å². The number of aromatic amines is 1. The zero-order valence-corrected chi connectivity index (χ0v) is 19.8. The van der Waals surface area contributed by atoms with Gasteiger partial charge in [-0.05, 0) is 17.0 Å². The molecule has 12 heteroatoms. The maximum absolute atomic E-state index is 12.8. The Morgan fingerprint density at radius 1 is 1.20 bits per heavy atom. The second-order valence-electron chi connectivity index (χ2n) is 7.50. The summed E-state index contributed by atoms with van der Waals surface area (Å²) >= 11 is 1.48. The van der Waals surface area contributed by atoms with Crippen LogP contribution in [0.3, 0.4) is 0 Å². The molecule has 0 spiro atoms. The highest BCUT2D eigenvalue weighted by Crippen LogP contribution is 2.22. The van der Waals surface area contributed by atoms with Crippen LogP contribution in [-0.2, 0) is 29.0 Å². The van der Waals surface area contributed by atoms with Gasteiger partial charge in [-0.15, -0.1) is 11.3 Å². The lowest BCUT2D eigenvalue weighted by atomic mass is 10.2. The van der Waals surface area contributed by atoms with Crippen molar-refractivity contribution in [1.29, 1.82) is 0 Å². The van der Waals surface area contributed by atoms with Crippen LogP contribution < -0.4 is 21.9 Å². The van der Waals surface area contributed by atoms with E-state index in [1.165, 1.54) is 23.0 Å². The first-order chi connectivity index (χ1) is 17.0. The molecule has 0 atom stereocenters. The number of methoxy groups -OCH3 is 1. The molecule has 0 aliphatic heterocycles. The van der Waals surface area contributed by atoms with E-state index in [-0.39, 0.29) is 37.5 Å². The van der Waals surface area contributed by atoms with Crippen LogP contribution in [0.2, 0.25) is 0 Å². The molecule has 0 aliphatic rings. The van der Waals surface area contributed by atoms with Gasteiger partial charge < -0.3 is 19.9 Å². The van der Waals surface area contributed by atoms with E-state index in [4.69, 9.17) is 9.26 Å². The number of carbonyl (C=O) groups excluding carboxylic acids is 1. The number of nitrogens with zero attached hydrogens (tertiary/aromatic N) is 3. The number of ether oxygens (including phenoxy) is 1. The summed E-state index contributed by atoms with van der Waals surface area (Å²) in [6.45, 7) is 0.665. The lowest BCUT2D eigenvalue weighted by Gasteiger charge is -2.17. The van der Waals surface area contributed by atoms with Crippen LogP contribution in [0.15, 0.2) is 62.0 Å². The first-order valence-corrected chi connectivity index (χ1v) is 11.7. The van der Waals surface area contributed by atoms with Crippen LogP contribution in [0.1, 0.15) is 17.9 Å². The number of anilines is 2. The minimum atomic E-state index is -0.648. The normalized spacial score (nSPS) is 10.9. The topological polar surface area (TPSA) is 144 Å². The van der Waals surface area contributed by atoms with Crippen LogP contribution in [0, 0.1) is 0 Å². The summed E-state index contributed by atoms with van der Waals surface area (Å²) in [5.41, 5.74) is -0.273. The number of nitrogens with one attached hydrogen (secondary N) is 3. The van der Waals surface area contributed by atoms with Gasteiger partial charge in [-0.1, -0.05) is 41.6 Å². The summed E-state index contributed by atoms with van der Waals surface area (Å²) in [5.74, 6) is 0.431. The van der Waals surface area contributed by atoms with Crippen molar-refractivity contribution in [2.45, 2.75) is 25.9 Å². The number of rotatable bonds is 11. The fourth-order valence-corrected chi connectivity index (χ4v) is 3.97. The van der Waals surface area contributed by atoms with Gasteiger partial charge in [0.15, 0.2) is 0 Å². The van der Waals surface area contributed by atoms with Crippen LogP contribution in [0.5, 0.6) is 0 Å². The summed E-state index contributed by atoms with van der Waals surface area (Å²) in [6.07, 6.45) is 0.206. The minimum absolute atomic E-state index is 0.00939. The van der Waals surface area contributed by atoms with Crippen LogP contribution >= 0.6 is 11.3 Å². The molecule has 4 rings (SSSR count). The van der Waals surface area contributed by atoms with Crippen molar-refractivity contribution in [1.82, 2.24) is 19.7 Å². The molecule has 3 N–H and O–H groups in total. The molecule has 11 nitrogen and oxygen atoms in total. The molecule has 0 saturated heterocycles. The number of amides is 1. The zero-order chi connectivity index (χ0) is 24.6. The summed E-state index contributed by atoms with van der Waals surface area (Å²) < 4.78 is 11.6. The van der Waals surface area contributed by atoms with Gasteiger partial charge in [0.2, 0.25) is 17.6 Å². The third kappa shape index (κ3) is 6.11. The molecule has 0 radical (unpaired) electrons.